The number of carboxylic acid groups (broad SMARTS) is 1. The molecule has 0 radical (unpaired) electrons. The lowest BCUT2D eigenvalue weighted by Gasteiger charge is -2.32. The minimum absolute atomic E-state index is 0.0124. The molecule has 3 N–H and O–H groups in total. The van der Waals surface area contributed by atoms with E-state index in [2.05, 4.69) is 15.3 Å². The number of hydrogen-bond acceptors (Lipinski definition) is 4. The zero-order valence-electron chi connectivity index (χ0n) is 13.5. The number of carbonyl (C=O) groups excluding carboxylic acids is 1. The first kappa shape index (κ1) is 16.6. The van der Waals surface area contributed by atoms with Crippen LogP contribution in [0.2, 0.25) is 5.02 Å². The first-order valence-electron chi connectivity index (χ1n) is 7.97. The standard InChI is InChI=1S/C17H15ClN4O4/c18-9-5-11-10-1-2-19-7-13(10)20-15(11)12(6-9)21-16(23)14-8-26-4-3-22(14)17(24)25/h1-2,5-7,14,20H,3-4,8H2,(H,21,23)(H,24,25)/t14-/m0/s1. The smallest absolute Gasteiger partial charge is 0.408 e. The van der Waals surface area contributed by atoms with Gasteiger partial charge in [-0.25, -0.2) is 4.79 Å². The fraction of sp³-hybridized carbons (Fsp3) is 0.235. The molecule has 1 aliphatic heterocycles. The number of anilines is 1. The summed E-state index contributed by atoms with van der Waals surface area (Å²) in [6.07, 6.45) is 2.22. The van der Waals surface area contributed by atoms with Gasteiger partial charge in [0.15, 0.2) is 0 Å². The molecule has 26 heavy (non-hydrogen) atoms. The summed E-state index contributed by atoms with van der Waals surface area (Å²) in [7, 11) is 0. The predicted molar refractivity (Wildman–Crippen MR) is 96.6 cm³/mol. The largest absolute Gasteiger partial charge is 0.465 e. The van der Waals surface area contributed by atoms with Crippen LogP contribution in [0.15, 0.2) is 30.6 Å². The number of amides is 2. The van der Waals surface area contributed by atoms with Gasteiger partial charge < -0.3 is 20.1 Å². The van der Waals surface area contributed by atoms with Gasteiger partial charge in [-0.2, -0.15) is 0 Å². The second kappa shape index (κ2) is 6.47. The van der Waals surface area contributed by atoms with Crippen molar-refractivity contribution in [3.8, 4) is 0 Å². The minimum Gasteiger partial charge on any atom is -0.465 e. The predicted octanol–water partition coefficient (Wildman–Crippen LogP) is 2.69. The third-order valence-electron chi connectivity index (χ3n) is 4.41. The zero-order chi connectivity index (χ0) is 18.3. The lowest BCUT2D eigenvalue weighted by molar-refractivity contribution is -0.125. The van der Waals surface area contributed by atoms with E-state index in [0.717, 1.165) is 21.2 Å². The maximum atomic E-state index is 12.7. The van der Waals surface area contributed by atoms with Crippen LogP contribution in [-0.2, 0) is 9.53 Å². The summed E-state index contributed by atoms with van der Waals surface area (Å²) in [5, 5.41) is 14.3. The molecule has 4 rings (SSSR count). The van der Waals surface area contributed by atoms with Crippen molar-refractivity contribution in [2.24, 2.45) is 0 Å². The zero-order valence-corrected chi connectivity index (χ0v) is 14.3. The Labute approximate surface area is 152 Å². The minimum atomic E-state index is -1.15. The fourth-order valence-corrected chi connectivity index (χ4v) is 3.40. The number of rotatable bonds is 2. The molecule has 0 unspecified atom stereocenters. The molecule has 0 saturated carbocycles. The summed E-state index contributed by atoms with van der Waals surface area (Å²) in [5.41, 5.74) is 1.99. The molecule has 3 aromatic rings. The van der Waals surface area contributed by atoms with Crippen molar-refractivity contribution in [2.45, 2.75) is 6.04 Å². The Morgan fingerprint density at radius 2 is 2.23 bits per heavy atom. The van der Waals surface area contributed by atoms with Gasteiger partial charge in [0.1, 0.15) is 6.04 Å². The third-order valence-corrected chi connectivity index (χ3v) is 4.63. The molecule has 134 valence electrons. The first-order valence-corrected chi connectivity index (χ1v) is 8.35. The number of fused-ring (bicyclic) bond motifs is 3. The summed E-state index contributed by atoms with van der Waals surface area (Å²) in [5.74, 6) is -0.465. The highest BCUT2D eigenvalue weighted by atomic mass is 35.5. The summed E-state index contributed by atoms with van der Waals surface area (Å²) in [6.45, 7) is 0.432. The van der Waals surface area contributed by atoms with Gasteiger partial charge in [-0.1, -0.05) is 11.6 Å². The molecular weight excluding hydrogens is 360 g/mol. The van der Waals surface area contributed by atoms with Gasteiger partial charge in [-0.3, -0.25) is 14.7 Å². The van der Waals surface area contributed by atoms with Crippen LogP contribution in [0.5, 0.6) is 0 Å². The summed E-state index contributed by atoms with van der Waals surface area (Å²) in [4.78, 5) is 32.4. The number of halogens is 1. The lowest BCUT2D eigenvalue weighted by atomic mass is 10.1. The van der Waals surface area contributed by atoms with Crippen molar-refractivity contribution < 1.29 is 19.4 Å². The second-order valence-corrected chi connectivity index (χ2v) is 6.41. The number of H-pyrrole nitrogens is 1. The Morgan fingerprint density at radius 1 is 1.38 bits per heavy atom. The van der Waals surface area contributed by atoms with Gasteiger partial charge in [0.25, 0.3) is 0 Å². The number of morpholine rings is 1. The van der Waals surface area contributed by atoms with E-state index in [-0.39, 0.29) is 19.8 Å². The van der Waals surface area contributed by atoms with Crippen LogP contribution >= 0.6 is 11.6 Å². The van der Waals surface area contributed by atoms with Gasteiger partial charge in [0.2, 0.25) is 5.91 Å². The normalized spacial score (nSPS) is 17.6. The van der Waals surface area contributed by atoms with E-state index in [0.29, 0.717) is 16.2 Å². The van der Waals surface area contributed by atoms with Crippen molar-refractivity contribution in [3.05, 3.63) is 35.6 Å². The van der Waals surface area contributed by atoms with Crippen molar-refractivity contribution in [2.75, 3.05) is 25.1 Å². The van der Waals surface area contributed by atoms with Crippen LogP contribution in [0.1, 0.15) is 0 Å². The van der Waals surface area contributed by atoms with Gasteiger partial charge in [0, 0.05) is 28.5 Å². The van der Waals surface area contributed by atoms with E-state index in [1.54, 1.807) is 24.5 Å². The Balaban J connectivity index is 1.72. The van der Waals surface area contributed by atoms with Crippen molar-refractivity contribution in [1.29, 1.82) is 0 Å². The Morgan fingerprint density at radius 3 is 3.04 bits per heavy atom. The van der Waals surface area contributed by atoms with Crippen LogP contribution < -0.4 is 5.32 Å². The van der Waals surface area contributed by atoms with Gasteiger partial charge in [-0.05, 0) is 18.2 Å². The number of hydrogen-bond donors (Lipinski definition) is 3. The number of pyridine rings is 1. The SMILES string of the molecule is O=C(Nc1cc(Cl)cc2c1[nH]c1cnccc12)[C@@H]1COCCN1C(=O)O. The highest BCUT2D eigenvalue weighted by Crippen LogP contribution is 2.33. The third kappa shape index (κ3) is 2.83. The average molecular weight is 375 g/mol. The van der Waals surface area contributed by atoms with Gasteiger partial charge in [-0.15, -0.1) is 0 Å². The molecule has 2 aromatic heterocycles. The Kier molecular flexibility index (Phi) is 4.14. The van der Waals surface area contributed by atoms with Crippen LogP contribution in [0.25, 0.3) is 21.8 Å². The maximum Gasteiger partial charge on any atom is 0.408 e. The summed E-state index contributed by atoms with van der Waals surface area (Å²) < 4.78 is 5.27. The van der Waals surface area contributed by atoms with Crippen LogP contribution in [0.4, 0.5) is 10.5 Å². The first-order chi connectivity index (χ1) is 12.5. The van der Waals surface area contributed by atoms with E-state index in [1.807, 2.05) is 6.07 Å². The Bertz CT molecular complexity index is 1020. The Hall–Kier alpha value is -2.84. The molecule has 1 saturated heterocycles. The highest BCUT2D eigenvalue weighted by molar-refractivity contribution is 6.33. The molecule has 0 spiro atoms. The quantitative estimate of drug-likeness (QED) is 0.639. The number of aromatic nitrogens is 2. The van der Waals surface area contributed by atoms with E-state index >= 15 is 0 Å². The fourth-order valence-electron chi connectivity index (χ4n) is 3.18. The molecule has 0 bridgehead atoms. The molecule has 1 atom stereocenters. The molecule has 3 heterocycles. The van der Waals surface area contributed by atoms with E-state index in [1.165, 1.54) is 0 Å². The maximum absolute atomic E-state index is 12.7. The summed E-state index contributed by atoms with van der Waals surface area (Å²) in [6, 6.07) is 4.37. The molecular formula is C17H15ClN4O4. The highest BCUT2D eigenvalue weighted by Gasteiger charge is 2.33. The molecule has 1 fully saturated rings. The van der Waals surface area contributed by atoms with Crippen LogP contribution in [0, 0.1) is 0 Å². The summed E-state index contributed by atoms with van der Waals surface area (Å²) >= 11 is 6.22. The molecule has 0 aliphatic carbocycles. The van der Waals surface area contributed by atoms with Gasteiger partial charge in [0.05, 0.1) is 36.1 Å². The monoisotopic (exact) mass is 374 g/mol. The number of carbonyl (C=O) groups is 2. The van der Waals surface area contributed by atoms with Crippen molar-refractivity contribution in [3.63, 3.8) is 0 Å². The number of nitrogens with one attached hydrogen (secondary N) is 2. The number of benzene rings is 1. The van der Waals surface area contributed by atoms with E-state index in [4.69, 9.17) is 16.3 Å². The second-order valence-electron chi connectivity index (χ2n) is 5.98. The molecule has 1 aliphatic rings. The van der Waals surface area contributed by atoms with Gasteiger partial charge >= 0.3 is 6.09 Å². The average Bonchev–Trinajstić information content (AvgIpc) is 3.00. The molecule has 9 heteroatoms. The van der Waals surface area contributed by atoms with Crippen LogP contribution in [-0.4, -0.2) is 57.8 Å². The topological polar surface area (TPSA) is 108 Å². The number of ether oxygens (including phenoxy) is 1. The van der Waals surface area contributed by atoms with E-state index in [9.17, 15) is 14.7 Å². The van der Waals surface area contributed by atoms with Crippen molar-refractivity contribution in [1.82, 2.24) is 14.9 Å². The lowest BCUT2D eigenvalue weighted by Crippen LogP contribution is -2.53. The molecule has 1 aromatic carbocycles. The number of nitrogens with zero attached hydrogens (tertiary/aromatic N) is 2. The van der Waals surface area contributed by atoms with Crippen LogP contribution in [0.3, 0.4) is 0 Å². The van der Waals surface area contributed by atoms with E-state index < -0.39 is 18.0 Å². The number of aromatic amines is 1. The molecule has 2 amide bonds. The molecule has 8 nitrogen and oxygen atoms in total. The van der Waals surface area contributed by atoms with Crippen molar-refractivity contribution >= 4 is 51.1 Å².